The normalized spacial score (nSPS) is 10.9. The fourth-order valence-electron chi connectivity index (χ4n) is 2.14. The van der Waals surface area contributed by atoms with Gasteiger partial charge in [0.15, 0.2) is 0 Å². The highest BCUT2D eigenvalue weighted by Crippen LogP contribution is 2.22. The molecule has 0 saturated carbocycles. The van der Waals surface area contributed by atoms with Gasteiger partial charge >= 0.3 is 5.69 Å². The Balaban J connectivity index is 1.64. The second-order valence-electron chi connectivity index (χ2n) is 4.84. The molecule has 0 aliphatic heterocycles. The second-order valence-corrected chi connectivity index (χ2v) is 4.84. The summed E-state index contributed by atoms with van der Waals surface area (Å²) >= 11 is 0. The number of hydrogen-bond acceptors (Lipinski definition) is 4. The number of aromatic nitrogens is 3. The minimum atomic E-state index is -0.290. The van der Waals surface area contributed by atoms with Gasteiger partial charge in [0, 0.05) is 12.1 Å². The number of nitrogens with one attached hydrogen (secondary N) is 3. The summed E-state index contributed by atoms with van der Waals surface area (Å²) < 4.78 is 5.63. The fourth-order valence-corrected chi connectivity index (χ4v) is 2.14. The molecule has 0 bridgehead atoms. The first kappa shape index (κ1) is 13.4. The summed E-state index contributed by atoms with van der Waals surface area (Å²) in [4.78, 5) is 13.5. The summed E-state index contributed by atoms with van der Waals surface area (Å²) in [6.45, 7) is 3.12. The third-order valence-corrected chi connectivity index (χ3v) is 3.12. The Morgan fingerprint density at radius 2 is 2.14 bits per heavy atom. The summed E-state index contributed by atoms with van der Waals surface area (Å²) in [6, 6.07) is 12.1. The Bertz CT molecular complexity index is 785. The van der Waals surface area contributed by atoms with Crippen molar-refractivity contribution < 1.29 is 4.42 Å². The Morgan fingerprint density at radius 3 is 2.86 bits per heavy atom. The Hall–Kier alpha value is -2.60. The largest absolute Gasteiger partial charge is 0.461 e. The van der Waals surface area contributed by atoms with Crippen molar-refractivity contribution in [1.82, 2.24) is 20.5 Å². The first-order valence-corrected chi connectivity index (χ1v) is 6.71. The van der Waals surface area contributed by atoms with Crippen molar-refractivity contribution in [3.63, 3.8) is 0 Å². The molecule has 0 fully saturated rings. The lowest BCUT2D eigenvalue weighted by Gasteiger charge is -2.05. The summed E-state index contributed by atoms with van der Waals surface area (Å²) in [7, 11) is 0. The van der Waals surface area contributed by atoms with Gasteiger partial charge in [0.25, 0.3) is 0 Å². The molecule has 3 aromatic rings. The van der Waals surface area contributed by atoms with E-state index in [2.05, 4.69) is 26.6 Å². The molecule has 0 radical (unpaired) electrons. The predicted molar refractivity (Wildman–Crippen MR) is 78.6 cm³/mol. The molecule has 108 valence electrons. The number of rotatable bonds is 5. The van der Waals surface area contributed by atoms with Crippen molar-refractivity contribution in [2.24, 2.45) is 0 Å². The highest BCUT2D eigenvalue weighted by molar-refractivity contribution is 5.58. The SMILES string of the molecule is Cc1ccc(-c2cccc(CNCc3n[nH]c(=O)[nH]3)c2)o1. The smallest absolute Gasteiger partial charge is 0.340 e. The van der Waals surface area contributed by atoms with Crippen LogP contribution in [0.4, 0.5) is 0 Å². The van der Waals surface area contributed by atoms with Crippen LogP contribution in [0.25, 0.3) is 11.3 Å². The molecule has 2 aromatic heterocycles. The van der Waals surface area contributed by atoms with Gasteiger partial charge in [0.2, 0.25) is 0 Å². The van der Waals surface area contributed by atoms with Gasteiger partial charge in [-0.2, -0.15) is 5.10 Å². The Morgan fingerprint density at radius 1 is 1.24 bits per heavy atom. The maximum atomic E-state index is 10.9. The monoisotopic (exact) mass is 284 g/mol. The number of nitrogens with zero attached hydrogens (tertiary/aromatic N) is 1. The number of H-pyrrole nitrogens is 2. The molecule has 6 nitrogen and oxygen atoms in total. The second kappa shape index (κ2) is 5.80. The van der Waals surface area contributed by atoms with Crippen molar-refractivity contribution in [2.75, 3.05) is 0 Å². The van der Waals surface area contributed by atoms with Crippen LogP contribution in [0.2, 0.25) is 0 Å². The molecule has 0 amide bonds. The van der Waals surface area contributed by atoms with Gasteiger partial charge in [0.1, 0.15) is 17.3 Å². The lowest BCUT2D eigenvalue weighted by molar-refractivity contribution is 0.548. The minimum absolute atomic E-state index is 0.290. The predicted octanol–water partition coefficient (Wildman–Crippen LogP) is 1.96. The van der Waals surface area contributed by atoms with E-state index in [1.807, 2.05) is 37.3 Å². The van der Waals surface area contributed by atoms with E-state index >= 15 is 0 Å². The van der Waals surface area contributed by atoms with E-state index in [4.69, 9.17) is 4.42 Å². The topological polar surface area (TPSA) is 86.7 Å². The molecular weight excluding hydrogens is 268 g/mol. The zero-order chi connectivity index (χ0) is 14.7. The quantitative estimate of drug-likeness (QED) is 0.668. The van der Waals surface area contributed by atoms with Crippen molar-refractivity contribution in [1.29, 1.82) is 0 Å². The summed E-state index contributed by atoms with van der Waals surface area (Å²) in [5.41, 5.74) is 1.90. The van der Waals surface area contributed by atoms with Crippen LogP contribution in [0.5, 0.6) is 0 Å². The van der Waals surface area contributed by atoms with E-state index in [-0.39, 0.29) is 5.69 Å². The van der Waals surface area contributed by atoms with E-state index < -0.39 is 0 Å². The standard InChI is InChI=1S/C15H16N4O2/c1-10-5-6-13(21-10)12-4-2-3-11(7-12)8-16-9-14-17-15(20)19-18-14/h2-7,16H,8-9H2,1H3,(H2,17,18,19,20). The van der Waals surface area contributed by atoms with Crippen LogP contribution in [-0.4, -0.2) is 15.2 Å². The molecular formula is C15H16N4O2. The molecule has 3 rings (SSSR count). The number of benzene rings is 1. The van der Waals surface area contributed by atoms with Crippen LogP contribution in [0.1, 0.15) is 17.1 Å². The Kier molecular flexibility index (Phi) is 3.70. The maximum Gasteiger partial charge on any atom is 0.340 e. The fraction of sp³-hybridized carbons (Fsp3) is 0.200. The number of furan rings is 1. The van der Waals surface area contributed by atoms with Crippen LogP contribution in [-0.2, 0) is 13.1 Å². The van der Waals surface area contributed by atoms with E-state index in [0.29, 0.717) is 18.9 Å². The van der Waals surface area contributed by atoms with Crippen LogP contribution in [0.15, 0.2) is 45.6 Å². The first-order valence-electron chi connectivity index (χ1n) is 6.71. The molecule has 2 heterocycles. The lowest BCUT2D eigenvalue weighted by Crippen LogP contribution is -2.14. The maximum absolute atomic E-state index is 10.9. The third-order valence-electron chi connectivity index (χ3n) is 3.12. The lowest BCUT2D eigenvalue weighted by atomic mass is 10.1. The molecule has 0 aliphatic carbocycles. The Labute approximate surface area is 121 Å². The van der Waals surface area contributed by atoms with Gasteiger partial charge in [0.05, 0.1) is 6.54 Å². The van der Waals surface area contributed by atoms with E-state index in [0.717, 1.165) is 22.6 Å². The van der Waals surface area contributed by atoms with Crippen molar-refractivity contribution in [2.45, 2.75) is 20.0 Å². The molecule has 0 spiro atoms. The molecule has 0 saturated heterocycles. The molecule has 1 aromatic carbocycles. The van der Waals surface area contributed by atoms with Crippen LogP contribution in [0.3, 0.4) is 0 Å². The van der Waals surface area contributed by atoms with Gasteiger partial charge in [-0.05, 0) is 30.7 Å². The summed E-state index contributed by atoms with van der Waals surface area (Å²) in [5, 5.41) is 9.41. The van der Waals surface area contributed by atoms with Gasteiger partial charge in [-0.1, -0.05) is 18.2 Å². The first-order chi connectivity index (χ1) is 10.2. The highest BCUT2D eigenvalue weighted by Gasteiger charge is 2.04. The van der Waals surface area contributed by atoms with Crippen LogP contribution < -0.4 is 11.0 Å². The van der Waals surface area contributed by atoms with E-state index in [1.165, 1.54) is 0 Å². The number of aryl methyl sites for hydroxylation is 1. The van der Waals surface area contributed by atoms with Gasteiger partial charge in [-0.25, -0.2) is 9.89 Å². The number of hydrogen-bond donors (Lipinski definition) is 3. The van der Waals surface area contributed by atoms with Gasteiger partial charge in [-0.3, -0.25) is 4.98 Å². The molecule has 3 N–H and O–H groups in total. The van der Waals surface area contributed by atoms with Gasteiger partial charge < -0.3 is 9.73 Å². The van der Waals surface area contributed by atoms with E-state index in [9.17, 15) is 4.79 Å². The minimum Gasteiger partial charge on any atom is -0.461 e. The van der Waals surface area contributed by atoms with Gasteiger partial charge in [-0.15, -0.1) is 0 Å². The molecule has 0 atom stereocenters. The molecule has 0 unspecified atom stereocenters. The van der Waals surface area contributed by atoms with Crippen LogP contribution >= 0.6 is 0 Å². The zero-order valence-corrected chi connectivity index (χ0v) is 11.6. The van der Waals surface area contributed by atoms with Crippen molar-refractivity contribution >= 4 is 0 Å². The van der Waals surface area contributed by atoms with E-state index in [1.54, 1.807) is 0 Å². The highest BCUT2D eigenvalue weighted by atomic mass is 16.3. The summed E-state index contributed by atoms with van der Waals surface area (Å²) in [5.74, 6) is 2.36. The summed E-state index contributed by atoms with van der Waals surface area (Å²) in [6.07, 6.45) is 0. The number of aromatic amines is 2. The molecule has 21 heavy (non-hydrogen) atoms. The van der Waals surface area contributed by atoms with Crippen molar-refractivity contribution in [3.8, 4) is 11.3 Å². The van der Waals surface area contributed by atoms with Crippen LogP contribution in [0, 0.1) is 6.92 Å². The molecule has 0 aliphatic rings. The average molecular weight is 284 g/mol. The molecule has 6 heteroatoms. The third kappa shape index (κ3) is 3.29. The zero-order valence-electron chi connectivity index (χ0n) is 11.6. The average Bonchev–Trinajstić information content (AvgIpc) is 3.08. The van der Waals surface area contributed by atoms with Crippen molar-refractivity contribution in [3.05, 3.63) is 64.0 Å².